The molecule has 0 aliphatic carbocycles. The van der Waals surface area contributed by atoms with Gasteiger partial charge in [0.2, 0.25) is 0 Å². The highest BCUT2D eigenvalue weighted by molar-refractivity contribution is 5.86. The molecule has 2 aliphatic rings. The minimum atomic E-state index is 0.167. The normalized spacial score (nSPS) is 48.4. The van der Waals surface area contributed by atoms with Crippen LogP contribution in [0.15, 0.2) is 12.2 Å². The SMILES string of the molecule is CC1C(=O)C(C)C2C=CC1N2. The summed E-state index contributed by atoms with van der Waals surface area (Å²) in [7, 11) is 0. The Balaban J connectivity index is 2.29. The molecule has 0 saturated carbocycles. The summed E-state index contributed by atoms with van der Waals surface area (Å²) >= 11 is 0. The fourth-order valence-corrected chi connectivity index (χ4v) is 1.96. The van der Waals surface area contributed by atoms with Crippen LogP contribution in [-0.2, 0) is 4.79 Å². The molecule has 2 heteroatoms. The van der Waals surface area contributed by atoms with Crippen LogP contribution in [0.4, 0.5) is 0 Å². The van der Waals surface area contributed by atoms with E-state index in [1.165, 1.54) is 0 Å². The summed E-state index contributed by atoms with van der Waals surface area (Å²) in [6.07, 6.45) is 4.24. The second-order valence-corrected chi connectivity index (χ2v) is 3.58. The van der Waals surface area contributed by atoms with Gasteiger partial charge in [-0.2, -0.15) is 0 Å². The number of ketones is 1. The maximum atomic E-state index is 11.5. The van der Waals surface area contributed by atoms with Gasteiger partial charge in [-0.3, -0.25) is 4.79 Å². The smallest absolute Gasteiger partial charge is 0.142 e. The molecule has 1 fully saturated rings. The number of hydrogen-bond donors (Lipinski definition) is 1. The third-order valence-electron chi connectivity index (χ3n) is 2.89. The first-order chi connectivity index (χ1) is 5.20. The fraction of sp³-hybridized carbons (Fsp3) is 0.667. The third kappa shape index (κ3) is 0.857. The number of fused-ring (bicyclic) bond motifs is 2. The first-order valence-electron chi connectivity index (χ1n) is 4.18. The van der Waals surface area contributed by atoms with Gasteiger partial charge in [0.15, 0.2) is 0 Å². The van der Waals surface area contributed by atoms with Gasteiger partial charge in [0.25, 0.3) is 0 Å². The standard InChI is InChI=1S/C9H13NO/c1-5-7-3-4-8(10-7)6(2)9(5)11/h3-8,10H,1-2H3. The number of Topliss-reactive ketones (excluding diaryl/α,β-unsaturated/α-hetero) is 1. The highest BCUT2D eigenvalue weighted by Gasteiger charge is 2.39. The first-order valence-corrected chi connectivity index (χ1v) is 4.18. The molecule has 0 radical (unpaired) electrons. The van der Waals surface area contributed by atoms with Crippen LogP contribution < -0.4 is 5.32 Å². The Bertz CT molecular complexity index is 202. The molecule has 0 spiro atoms. The lowest BCUT2D eigenvalue weighted by molar-refractivity contribution is -0.128. The van der Waals surface area contributed by atoms with Crippen molar-refractivity contribution >= 4 is 5.78 Å². The molecule has 11 heavy (non-hydrogen) atoms. The first kappa shape index (κ1) is 7.04. The number of hydrogen-bond acceptors (Lipinski definition) is 2. The molecular formula is C9H13NO. The van der Waals surface area contributed by atoms with Crippen molar-refractivity contribution in [1.29, 1.82) is 0 Å². The highest BCUT2D eigenvalue weighted by atomic mass is 16.1. The van der Waals surface area contributed by atoms with E-state index in [2.05, 4.69) is 17.5 Å². The Hall–Kier alpha value is -0.630. The molecule has 0 amide bonds. The topological polar surface area (TPSA) is 29.1 Å². The van der Waals surface area contributed by atoms with E-state index in [1.807, 2.05) is 13.8 Å². The molecule has 60 valence electrons. The Morgan fingerprint density at radius 1 is 1.18 bits per heavy atom. The van der Waals surface area contributed by atoms with E-state index >= 15 is 0 Å². The van der Waals surface area contributed by atoms with Crippen molar-refractivity contribution in [3.63, 3.8) is 0 Å². The molecule has 2 rings (SSSR count). The molecular weight excluding hydrogens is 138 g/mol. The van der Waals surface area contributed by atoms with Gasteiger partial charge in [-0.05, 0) is 0 Å². The molecule has 1 saturated heterocycles. The Labute approximate surface area is 66.7 Å². The van der Waals surface area contributed by atoms with Crippen molar-refractivity contribution in [2.75, 3.05) is 0 Å². The van der Waals surface area contributed by atoms with Gasteiger partial charge in [-0.25, -0.2) is 0 Å². The molecule has 0 aromatic carbocycles. The largest absolute Gasteiger partial charge is 0.303 e. The van der Waals surface area contributed by atoms with Crippen LogP contribution in [0.2, 0.25) is 0 Å². The zero-order valence-electron chi connectivity index (χ0n) is 6.87. The van der Waals surface area contributed by atoms with Crippen molar-refractivity contribution in [1.82, 2.24) is 5.32 Å². The van der Waals surface area contributed by atoms with Crippen molar-refractivity contribution in [2.24, 2.45) is 11.8 Å². The van der Waals surface area contributed by atoms with Gasteiger partial charge in [0.1, 0.15) is 5.78 Å². The van der Waals surface area contributed by atoms with E-state index in [1.54, 1.807) is 0 Å². The molecule has 2 aliphatic heterocycles. The van der Waals surface area contributed by atoms with Gasteiger partial charge >= 0.3 is 0 Å². The van der Waals surface area contributed by atoms with Crippen LogP contribution in [-0.4, -0.2) is 17.9 Å². The monoisotopic (exact) mass is 151 g/mol. The van der Waals surface area contributed by atoms with Gasteiger partial charge in [0, 0.05) is 23.9 Å². The lowest BCUT2D eigenvalue weighted by Crippen LogP contribution is -2.50. The minimum absolute atomic E-state index is 0.167. The number of carbonyl (C=O) groups is 1. The Morgan fingerprint density at radius 2 is 1.64 bits per heavy atom. The predicted octanol–water partition coefficient (Wildman–Crippen LogP) is 0.738. The van der Waals surface area contributed by atoms with Crippen LogP contribution in [0.25, 0.3) is 0 Å². The number of carbonyl (C=O) groups excluding carboxylic acids is 1. The summed E-state index contributed by atoms with van der Waals surface area (Å²) in [5.74, 6) is 0.740. The van der Waals surface area contributed by atoms with Crippen molar-refractivity contribution < 1.29 is 4.79 Å². The third-order valence-corrected chi connectivity index (χ3v) is 2.89. The molecule has 4 atom stereocenters. The van der Waals surface area contributed by atoms with Crippen molar-refractivity contribution in [2.45, 2.75) is 25.9 Å². The zero-order chi connectivity index (χ0) is 8.01. The van der Waals surface area contributed by atoms with Crippen LogP contribution in [0.1, 0.15) is 13.8 Å². The summed E-state index contributed by atoms with van der Waals surface area (Å²) in [6.45, 7) is 4.00. The summed E-state index contributed by atoms with van der Waals surface area (Å²) in [4.78, 5) is 11.5. The second kappa shape index (κ2) is 2.18. The average molecular weight is 151 g/mol. The summed E-state index contributed by atoms with van der Waals surface area (Å²) < 4.78 is 0. The summed E-state index contributed by atoms with van der Waals surface area (Å²) in [6, 6.07) is 0.618. The quantitative estimate of drug-likeness (QED) is 0.517. The van der Waals surface area contributed by atoms with Crippen molar-refractivity contribution in [3.8, 4) is 0 Å². The second-order valence-electron chi connectivity index (χ2n) is 3.58. The van der Waals surface area contributed by atoms with Crippen LogP contribution >= 0.6 is 0 Å². The van der Waals surface area contributed by atoms with Gasteiger partial charge < -0.3 is 5.32 Å². The molecule has 1 N–H and O–H groups in total. The lowest BCUT2D eigenvalue weighted by Gasteiger charge is -2.31. The van der Waals surface area contributed by atoms with E-state index in [0.29, 0.717) is 17.9 Å². The fourth-order valence-electron chi connectivity index (χ4n) is 1.96. The molecule has 4 unspecified atom stereocenters. The van der Waals surface area contributed by atoms with Crippen molar-refractivity contribution in [3.05, 3.63) is 12.2 Å². The van der Waals surface area contributed by atoms with Crippen LogP contribution in [0.3, 0.4) is 0 Å². The van der Waals surface area contributed by atoms with E-state index < -0.39 is 0 Å². The molecule has 0 aromatic heterocycles. The maximum absolute atomic E-state index is 11.5. The van der Waals surface area contributed by atoms with E-state index in [-0.39, 0.29) is 11.8 Å². The highest BCUT2D eigenvalue weighted by Crippen LogP contribution is 2.27. The number of piperidine rings is 1. The number of rotatable bonds is 0. The molecule has 2 heterocycles. The molecule has 2 bridgehead atoms. The maximum Gasteiger partial charge on any atom is 0.142 e. The zero-order valence-corrected chi connectivity index (χ0v) is 6.87. The van der Waals surface area contributed by atoms with E-state index in [9.17, 15) is 4.79 Å². The van der Waals surface area contributed by atoms with Gasteiger partial charge in [-0.1, -0.05) is 26.0 Å². The predicted molar refractivity (Wildman–Crippen MR) is 43.2 cm³/mol. The van der Waals surface area contributed by atoms with Gasteiger partial charge in [0.05, 0.1) is 0 Å². The van der Waals surface area contributed by atoms with Crippen LogP contribution in [0.5, 0.6) is 0 Å². The van der Waals surface area contributed by atoms with E-state index in [0.717, 1.165) is 0 Å². The van der Waals surface area contributed by atoms with Crippen LogP contribution in [0, 0.1) is 11.8 Å². The minimum Gasteiger partial charge on any atom is -0.303 e. The Kier molecular flexibility index (Phi) is 1.39. The number of nitrogens with one attached hydrogen (secondary N) is 1. The summed E-state index contributed by atoms with van der Waals surface area (Å²) in [5.41, 5.74) is 0. The van der Waals surface area contributed by atoms with Gasteiger partial charge in [-0.15, -0.1) is 0 Å². The molecule has 2 nitrogen and oxygen atoms in total. The lowest BCUT2D eigenvalue weighted by atomic mass is 9.85. The molecule has 0 aromatic rings. The average Bonchev–Trinajstić information content (AvgIpc) is 2.44. The Morgan fingerprint density at radius 3 is 2.09 bits per heavy atom. The summed E-state index contributed by atoms with van der Waals surface area (Å²) in [5, 5.41) is 3.39. The van der Waals surface area contributed by atoms with E-state index in [4.69, 9.17) is 0 Å².